The lowest BCUT2D eigenvalue weighted by Gasteiger charge is -2.27. The molecule has 80 valence electrons. The minimum absolute atomic E-state index is 0.125. The zero-order valence-corrected chi connectivity index (χ0v) is 8.92. The third kappa shape index (κ3) is 2.58. The van der Waals surface area contributed by atoms with Crippen LogP contribution < -0.4 is 5.32 Å². The summed E-state index contributed by atoms with van der Waals surface area (Å²) in [5, 5.41) is 12.9. The molecule has 1 fully saturated rings. The minimum atomic E-state index is -0.683. The first-order valence-corrected chi connectivity index (χ1v) is 5.21. The molecule has 0 spiro atoms. The van der Waals surface area contributed by atoms with E-state index in [0.29, 0.717) is 6.54 Å². The molecule has 0 aliphatic heterocycles. The van der Waals surface area contributed by atoms with Crippen LogP contribution in [0.25, 0.3) is 0 Å². The fourth-order valence-corrected chi connectivity index (χ4v) is 1.94. The van der Waals surface area contributed by atoms with Crippen LogP contribution in [0.5, 0.6) is 0 Å². The number of amides is 1. The molecule has 2 unspecified atom stereocenters. The first-order valence-electron chi connectivity index (χ1n) is 5.21. The van der Waals surface area contributed by atoms with Crippen LogP contribution in [0.1, 0.15) is 33.1 Å². The van der Waals surface area contributed by atoms with Gasteiger partial charge in [0.05, 0.1) is 5.60 Å². The summed E-state index contributed by atoms with van der Waals surface area (Å²) in [4.78, 5) is 11.1. The Labute approximate surface area is 85.2 Å². The zero-order valence-electron chi connectivity index (χ0n) is 8.92. The Bertz CT molecular complexity index is 237. The van der Waals surface area contributed by atoms with Crippen LogP contribution in [0.4, 0.5) is 0 Å². The van der Waals surface area contributed by atoms with Crippen molar-refractivity contribution in [1.29, 1.82) is 0 Å². The highest BCUT2D eigenvalue weighted by molar-refractivity contribution is 5.87. The molecule has 0 saturated heterocycles. The normalized spacial score (nSPS) is 32.4. The van der Waals surface area contributed by atoms with E-state index in [0.717, 1.165) is 19.3 Å². The highest BCUT2D eigenvalue weighted by Gasteiger charge is 2.37. The van der Waals surface area contributed by atoms with Crippen molar-refractivity contribution in [3.8, 4) is 0 Å². The van der Waals surface area contributed by atoms with Gasteiger partial charge in [0.25, 0.3) is 0 Å². The van der Waals surface area contributed by atoms with Crippen molar-refractivity contribution in [3.63, 3.8) is 0 Å². The van der Waals surface area contributed by atoms with Gasteiger partial charge in [0.15, 0.2) is 0 Å². The fourth-order valence-electron chi connectivity index (χ4n) is 1.94. The quantitative estimate of drug-likeness (QED) is 0.668. The highest BCUT2D eigenvalue weighted by atomic mass is 16.3. The fraction of sp³-hybridized carbons (Fsp3) is 0.727. The summed E-state index contributed by atoms with van der Waals surface area (Å²) in [6.07, 6.45) is 6.07. The molecule has 0 aromatic carbocycles. The van der Waals surface area contributed by atoms with Crippen LogP contribution in [0, 0.1) is 5.92 Å². The molecular weight excluding hydrogens is 178 g/mol. The lowest BCUT2D eigenvalue weighted by atomic mass is 9.92. The number of allylic oxidation sites excluding steroid dienone is 1. The van der Waals surface area contributed by atoms with Crippen molar-refractivity contribution in [2.45, 2.75) is 38.7 Å². The Morgan fingerprint density at radius 1 is 1.71 bits per heavy atom. The molecule has 2 atom stereocenters. The summed E-state index contributed by atoms with van der Waals surface area (Å²) in [6, 6.07) is 0. The summed E-state index contributed by atoms with van der Waals surface area (Å²) < 4.78 is 0. The molecule has 1 amide bonds. The third-order valence-electron chi connectivity index (χ3n) is 3.05. The predicted octanol–water partition coefficient (Wildman–Crippen LogP) is 1.23. The first kappa shape index (κ1) is 11.2. The highest BCUT2D eigenvalue weighted by Crippen LogP contribution is 2.34. The van der Waals surface area contributed by atoms with E-state index < -0.39 is 5.60 Å². The monoisotopic (exact) mass is 197 g/mol. The summed E-state index contributed by atoms with van der Waals surface area (Å²) in [5.74, 6) is 0.161. The van der Waals surface area contributed by atoms with E-state index in [-0.39, 0.29) is 11.8 Å². The molecule has 1 rings (SSSR count). The van der Waals surface area contributed by atoms with Gasteiger partial charge in [0.2, 0.25) is 5.91 Å². The molecule has 1 saturated carbocycles. The van der Waals surface area contributed by atoms with Crippen LogP contribution in [-0.4, -0.2) is 23.2 Å². The average Bonchev–Trinajstić information content (AvgIpc) is 2.46. The Hall–Kier alpha value is -0.830. The summed E-state index contributed by atoms with van der Waals surface area (Å²) in [5.41, 5.74) is -0.683. The maximum absolute atomic E-state index is 11.1. The molecular formula is C11H19NO2. The molecule has 0 aromatic rings. The Morgan fingerprint density at radius 2 is 2.43 bits per heavy atom. The van der Waals surface area contributed by atoms with E-state index >= 15 is 0 Å². The van der Waals surface area contributed by atoms with Crippen LogP contribution in [0.2, 0.25) is 0 Å². The van der Waals surface area contributed by atoms with Crippen LogP contribution >= 0.6 is 0 Å². The molecule has 0 radical (unpaired) electrons. The van der Waals surface area contributed by atoms with E-state index in [1.54, 1.807) is 13.0 Å². The number of carbonyl (C=O) groups excluding carboxylic acids is 1. The van der Waals surface area contributed by atoms with E-state index in [4.69, 9.17) is 0 Å². The minimum Gasteiger partial charge on any atom is -0.388 e. The smallest absolute Gasteiger partial charge is 0.243 e. The molecule has 14 heavy (non-hydrogen) atoms. The standard InChI is InChI=1S/C11H19NO2/c1-3-5-10(13)12-8-11(14)7-4-6-9(11)2/h3,5,9,14H,4,6-8H2,1-2H3,(H,12,13)/b5-3+. The second kappa shape index (κ2) is 4.60. The predicted molar refractivity (Wildman–Crippen MR) is 55.8 cm³/mol. The van der Waals surface area contributed by atoms with Crippen LogP contribution in [-0.2, 0) is 4.79 Å². The van der Waals surface area contributed by atoms with E-state index in [1.165, 1.54) is 6.08 Å². The Balaban J connectivity index is 2.40. The summed E-state index contributed by atoms with van der Waals surface area (Å²) in [6.45, 7) is 4.21. The molecule has 2 N–H and O–H groups in total. The van der Waals surface area contributed by atoms with E-state index in [2.05, 4.69) is 5.32 Å². The van der Waals surface area contributed by atoms with E-state index in [1.807, 2.05) is 6.92 Å². The lowest BCUT2D eigenvalue weighted by molar-refractivity contribution is -0.118. The molecule has 1 aliphatic rings. The van der Waals surface area contributed by atoms with Crippen molar-refractivity contribution in [3.05, 3.63) is 12.2 Å². The van der Waals surface area contributed by atoms with Gasteiger partial charge in [0, 0.05) is 6.54 Å². The largest absolute Gasteiger partial charge is 0.388 e. The second-order valence-corrected chi connectivity index (χ2v) is 4.11. The van der Waals surface area contributed by atoms with E-state index in [9.17, 15) is 9.90 Å². The number of rotatable bonds is 3. The van der Waals surface area contributed by atoms with Gasteiger partial charge in [-0.3, -0.25) is 4.79 Å². The SMILES string of the molecule is C/C=C/C(=O)NCC1(O)CCCC1C. The lowest BCUT2D eigenvalue weighted by Crippen LogP contribution is -2.44. The maximum atomic E-state index is 11.1. The van der Waals surface area contributed by atoms with Gasteiger partial charge in [-0.25, -0.2) is 0 Å². The van der Waals surface area contributed by atoms with Gasteiger partial charge < -0.3 is 10.4 Å². The van der Waals surface area contributed by atoms with Crippen molar-refractivity contribution in [2.75, 3.05) is 6.54 Å². The number of carbonyl (C=O) groups is 1. The first-order chi connectivity index (χ1) is 6.58. The van der Waals surface area contributed by atoms with Gasteiger partial charge in [-0.1, -0.05) is 19.4 Å². The number of nitrogens with one attached hydrogen (secondary N) is 1. The summed E-state index contributed by atoms with van der Waals surface area (Å²) >= 11 is 0. The van der Waals surface area contributed by atoms with Gasteiger partial charge in [-0.05, 0) is 31.8 Å². The van der Waals surface area contributed by atoms with Gasteiger partial charge >= 0.3 is 0 Å². The Kier molecular flexibility index (Phi) is 3.69. The molecule has 3 nitrogen and oxygen atoms in total. The number of hydrogen-bond donors (Lipinski definition) is 2. The molecule has 1 aliphatic carbocycles. The Morgan fingerprint density at radius 3 is 2.93 bits per heavy atom. The second-order valence-electron chi connectivity index (χ2n) is 4.11. The molecule has 0 heterocycles. The van der Waals surface area contributed by atoms with Crippen LogP contribution in [0.3, 0.4) is 0 Å². The van der Waals surface area contributed by atoms with Gasteiger partial charge in [0.1, 0.15) is 0 Å². The van der Waals surface area contributed by atoms with Crippen molar-refractivity contribution >= 4 is 5.91 Å². The average molecular weight is 197 g/mol. The topological polar surface area (TPSA) is 49.3 Å². The van der Waals surface area contributed by atoms with Crippen molar-refractivity contribution < 1.29 is 9.90 Å². The molecule has 0 aromatic heterocycles. The van der Waals surface area contributed by atoms with Crippen molar-refractivity contribution in [1.82, 2.24) is 5.32 Å². The maximum Gasteiger partial charge on any atom is 0.243 e. The van der Waals surface area contributed by atoms with Crippen LogP contribution in [0.15, 0.2) is 12.2 Å². The zero-order chi connectivity index (χ0) is 10.6. The number of hydrogen-bond acceptors (Lipinski definition) is 2. The van der Waals surface area contributed by atoms with Gasteiger partial charge in [-0.2, -0.15) is 0 Å². The summed E-state index contributed by atoms with van der Waals surface area (Å²) in [7, 11) is 0. The molecule has 0 bridgehead atoms. The van der Waals surface area contributed by atoms with Crippen molar-refractivity contribution in [2.24, 2.45) is 5.92 Å². The molecule has 3 heteroatoms. The third-order valence-corrected chi connectivity index (χ3v) is 3.05. The number of aliphatic hydroxyl groups is 1. The van der Waals surface area contributed by atoms with Gasteiger partial charge in [-0.15, -0.1) is 0 Å².